The number of carbonyl (C=O) groups excluding carboxylic acids is 1. The van der Waals surface area contributed by atoms with Crippen molar-refractivity contribution in [3.05, 3.63) is 29.8 Å². The van der Waals surface area contributed by atoms with Crippen LogP contribution in [-0.2, 0) is 4.79 Å². The Hall–Kier alpha value is -1.49. The second kappa shape index (κ2) is 5.25. The zero-order valence-corrected chi connectivity index (χ0v) is 11.1. The van der Waals surface area contributed by atoms with E-state index in [4.69, 9.17) is 0 Å². The molecule has 1 fully saturated rings. The molecule has 0 atom stereocenters. The zero-order valence-electron chi connectivity index (χ0n) is 11.1. The fourth-order valence-corrected chi connectivity index (χ4v) is 2.06. The van der Waals surface area contributed by atoms with Gasteiger partial charge >= 0.3 is 0 Å². The van der Waals surface area contributed by atoms with Crippen molar-refractivity contribution in [2.75, 3.05) is 11.9 Å². The van der Waals surface area contributed by atoms with Gasteiger partial charge in [0.05, 0.1) is 6.54 Å². The molecule has 0 spiro atoms. The number of anilines is 1. The molecule has 2 N–H and O–H groups in total. The van der Waals surface area contributed by atoms with Gasteiger partial charge in [0.25, 0.3) is 0 Å². The zero-order chi connectivity index (χ0) is 14.0. The van der Waals surface area contributed by atoms with Gasteiger partial charge < -0.3 is 10.6 Å². The summed E-state index contributed by atoms with van der Waals surface area (Å²) >= 11 is 0. The highest BCUT2D eigenvalue weighted by molar-refractivity contribution is 5.92. The minimum atomic E-state index is -0.769. The summed E-state index contributed by atoms with van der Waals surface area (Å²) in [6.45, 7) is 4.10. The summed E-state index contributed by atoms with van der Waals surface area (Å²) < 4.78 is 26.7. The van der Waals surface area contributed by atoms with Crippen LogP contribution in [0.25, 0.3) is 0 Å². The molecule has 104 valence electrons. The number of rotatable bonds is 5. The van der Waals surface area contributed by atoms with E-state index in [9.17, 15) is 13.6 Å². The highest BCUT2D eigenvalue weighted by atomic mass is 19.1. The molecule has 3 nitrogen and oxygen atoms in total. The summed E-state index contributed by atoms with van der Waals surface area (Å²) in [6, 6.07) is 3.48. The van der Waals surface area contributed by atoms with Crippen molar-refractivity contribution in [1.29, 1.82) is 0 Å². The van der Waals surface area contributed by atoms with Gasteiger partial charge in [0.2, 0.25) is 5.91 Å². The van der Waals surface area contributed by atoms with E-state index in [-0.39, 0.29) is 12.1 Å². The molecule has 1 aromatic carbocycles. The Morgan fingerprint density at radius 2 is 1.89 bits per heavy atom. The van der Waals surface area contributed by atoms with E-state index < -0.39 is 23.2 Å². The van der Waals surface area contributed by atoms with Crippen LogP contribution in [0, 0.1) is 17.6 Å². The molecule has 0 unspecified atom stereocenters. The Morgan fingerprint density at radius 3 is 2.42 bits per heavy atom. The summed E-state index contributed by atoms with van der Waals surface area (Å²) in [4.78, 5) is 11.7. The minimum Gasteiger partial charge on any atom is -0.320 e. The molecule has 1 saturated carbocycles. The SMILES string of the molecule is CC(C)(NCC(=O)Nc1c(F)cccc1F)C1CC1. The van der Waals surface area contributed by atoms with E-state index >= 15 is 0 Å². The highest BCUT2D eigenvalue weighted by Gasteiger charge is 2.37. The van der Waals surface area contributed by atoms with Crippen molar-refractivity contribution in [1.82, 2.24) is 5.32 Å². The number of hydrogen-bond acceptors (Lipinski definition) is 2. The molecule has 19 heavy (non-hydrogen) atoms. The molecule has 0 saturated heterocycles. The van der Waals surface area contributed by atoms with E-state index in [0.29, 0.717) is 5.92 Å². The predicted molar refractivity (Wildman–Crippen MR) is 69.8 cm³/mol. The number of carbonyl (C=O) groups is 1. The van der Waals surface area contributed by atoms with Crippen LogP contribution < -0.4 is 10.6 Å². The van der Waals surface area contributed by atoms with Crippen molar-refractivity contribution < 1.29 is 13.6 Å². The van der Waals surface area contributed by atoms with Gasteiger partial charge in [-0.2, -0.15) is 0 Å². The number of nitrogens with one attached hydrogen (secondary N) is 2. The fourth-order valence-electron chi connectivity index (χ4n) is 2.06. The van der Waals surface area contributed by atoms with Crippen LogP contribution in [0.3, 0.4) is 0 Å². The molecular formula is C14H18F2N2O. The first kappa shape index (κ1) is 13.9. The maximum atomic E-state index is 13.3. The Bertz CT molecular complexity index is 464. The van der Waals surface area contributed by atoms with E-state index in [0.717, 1.165) is 25.0 Å². The monoisotopic (exact) mass is 268 g/mol. The third-order valence-corrected chi connectivity index (χ3v) is 3.53. The molecule has 1 aliphatic carbocycles. The lowest BCUT2D eigenvalue weighted by molar-refractivity contribution is -0.115. The second-order valence-electron chi connectivity index (χ2n) is 5.49. The number of para-hydroxylation sites is 1. The van der Waals surface area contributed by atoms with Crippen LogP contribution in [0.1, 0.15) is 26.7 Å². The predicted octanol–water partition coefficient (Wildman–Crippen LogP) is 2.68. The summed E-state index contributed by atoms with van der Waals surface area (Å²) in [5.74, 6) is -1.41. The van der Waals surface area contributed by atoms with Crippen molar-refractivity contribution in [2.45, 2.75) is 32.2 Å². The summed E-state index contributed by atoms with van der Waals surface area (Å²) in [5.41, 5.74) is -0.510. The standard InChI is InChI=1S/C14H18F2N2O/c1-14(2,9-6-7-9)17-8-12(19)18-13-10(15)4-3-5-11(13)16/h3-5,9,17H,6-8H2,1-2H3,(H,18,19). The highest BCUT2D eigenvalue weighted by Crippen LogP contribution is 2.38. The van der Waals surface area contributed by atoms with Gasteiger partial charge in [-0.05, 0) is 44.7 Å². The average molecular weight is 268 g/mol. The van der Waals surface area contributed by atoms with Crippen LogP contribution in [0.2, 0.25) is 0 Å². The maximum Gasteiger partial charge on any atom is 0.238 e. The molecule has 0 radical (unpaired) electrons. The Balaban J connectivity index is 1.91. The second-order valence-corrected chi connectivity index (χ2v) is 5.49. The van der Waals surface area contributed by atoms with Crippen LogP contribution in [0.4, 0.5) is 14.5 Å². The van der Waals surface area contributed by atoms with Crippen molar-refractivity contribution >= 4 is 11.6 Å². The number of halogens is 2. The van der Waals surface area contributed by atoms with E-state index in [1.165, 1.54) is 6.07 Å². The molecule has 0 aliphatic heterocycles. The average Bonchev–Trinajstić information content (AvgIpc) is 3.16. The fraction of sp³-hybridized carbons (Fsp3) is 0.500. The van der Waals surface area contributed by atoms with Gasteiger partial charge in [-0.1, -0.05) is 6.07 Å². The third kappa shape index (κ3) is 3.50. The number of amides is 1. The van der Waals surface area contributed by atoms with Crippen LogP contribution >= 0.6 is 0 Å². The van der Waals surface area contributed by atoms with Gasteiger partial charge in [-0.25, -0.2) is 8.78 Å². The van der Waals surface area contributed by atoms with Gasteiger partial charge in [0.15, 0.2) is 0 Å². The van der Waals surface area contributed by atoms with Crippen LogP contribution in [0.15, 0.2) is 18.2 Å². The molecular weight excluding hydrogens is 250 g/mol. The first-order valence-electron chi connectivity index (χ1n) is 6.39. The smallest absolute Gasteiger partial charge is 0.238 e. The lowest BCUT2D eigenvalue weighted by Crippen LogP contribution is -2.45. The first-order valence-corrected chi connectivity index (χ1v) is 6.39. The molecule has 0 aromatic heterocycles. The summed E-state index contributed by atoms with van der Waals surface area (Å²) in [7, 11) is 0. The van der Waals surface area contributed by atoms with Crippen molar-refractivity contribution in [3.63, 3.8) is 0 Å². The van der Waals surface area contributed by atoms with Gasteiger partial charge in [0, 0.05) is 5.54 Å². The lowest BCUT2D eigenvalue weighted by Gasteiger charge is -2.25. The molecule has 2 rings (SSSR count). The van der Waals surface area contributed by atoms with Crippen LogP contribution in [0.5, 0.6) is 0 Å². The minimum absolute atomic E-state index is 0.0390. The number of hydrogen-bond donors (Lipinski definition) is 2. The Morgan fingerprint density at radius 1 is 1.32 bits per heavy atom. The van der Waals surface area contributed by atoms with Crippen molar-refractivity contribution in [3.8, 4) is 0 Å². The van der Waals surface area contributed by atoms with E-state index in [2.05, 4.69) is 10.6 Å². The van der Waals surface area contributed by atoms with E-state index in [1.807, 2.05) is 13.8 Å². The lowest BCUT2D eigenvalue weighted by atomic mass is 9.99. The van der Waals surface area contributed by atoms with Crippen LogP contribution in [-0.4, -0.2) is 18.0 Å². The molecule has 5 heteroatoms. The van der Waals surface area contributed by atoms with Gasteiger partial charge in [-0.3, -0.25) is 4.79 Å². The maximum absolute atomic E-state index is 13.3. The van der Waals surface area contributed by atoms with Crippen molar-refractivity contribution in [2.24, 2.45) is 5.92 Å². The Labute approximate surface area is 111 Å². The molecule has 1 amide bonds. The third-order valence-electron chi connectivity index (χ3n) is 3.53. The normalized spacial score (nSPS) is 15.4. The van der Waals surface area contributed by atoms with Gasteiger partial charge in [-0.15, -0.1) is 0 Å². The molecule has 0 bridgehead atoms. The van der Waals surface area contributed by atoms with Gasteiger partial charge in [0.1, 0.15) is 17.3 Å². The molecule has 1 aromatic rings. The molecule has 1 aliphatic rings. The number of benzene rings is 1. The topological polar surface area (TPSA) is 41.1 Å². The van der Waals surface area contributed by atoms with E-state index in [1.54, 1.807) is 0 Å². The quantitative estimate of drug-likeness (QED) is 0.862. The first-order chi connectivity index (χ1) is 8.90. The summed E-state index contributed by atoms with van der Waals surface area (Å²) in [6.07, 6.45) is 2.31. The largest absolute Gasteiger partial charge is 0.320 e. The molecule has 0 heterocycles. The Kier molecular flexibility index (Phi) is 3.85. The summed E-state index contributed by atoms with van der Waals surface area (Å²) in [5, 5.41) is 5.38.